The summed E-state index contributed by atoms with van der Waals surface area (Å²) in [5.74, 6) is -7.37. The van der Waals surface area contributed by atoms with Gasteiger partial charge in [0.1, 0.15) is 24.0 Å². The third kappa shape index (κ3) is 12.2. The molecule has 14 nitrogen and oxygen atoms in total. The number of rotatable bonds is 10. The number of hydrogen-bond acceptors (Lipinski definition) is 12. The van der Waals surface area contributed by atoms with Crippen LogP contribution in [0.25, 0.3) is 10.9 Å². The van der Waals surface area contributed by atoms with Crippen molar-refractivity contribution < 1.29 is 53.1 Å². The van der Waals surface area contributed by atoms with Crippen LogP contribution in [0.2, 0.25) is 0 Å². The van der Waals surface area contributed by atoms with Gasteiger partial charge in [0, 0.05) is 87.9 Å². The lowest BCUT2D eigenvalue weighted by atomic mass is 9.80. The van der Waals surface area contributed by atoms with Crippen molar-refractivity contribution >= 4 is 40.0 Å². The zero-order valence-electron chi connectivity index (χ0n) is 43.4. The zero-order chi connectivity index (χ0) is 50.3. The van der Waals surface area contributed by atoms with Crippen molar-refractivity contribution in [3.8, 4) is 0 Å². The van der Waals surface area contributed by atoms with Crippen LogP contribution in [0, 0.1) is 29.6 Å². The van der Waals surface area contributed by atoms with Gasteiger partial charge in [-0.15, -0.1) is 0 Å². The summed E-state index contributed by atoms with van der Waals surface area (Å²) < 4.78 is 33.3. The first-order valence-corrected chi connectivity index (χ1v) is 25.9. The highest BCUT2D eigenvalue weighted by atomic mass is 16.7. The Morgan fingerprint density at radius 2 is 1.67 bits per heavy atom. The topological polar surface area (TPSA) is 166 Å². The predicted molar refractivity (Wildman–Crippen MR) is 266 cm³/mol. The van der Waals surface area contributed by atoms with E-state index in [1.165, 1.54) is 15.8 Å². The zero-order valence-corrected chi connectivity index (χ0v) is 43.4. The van der Waals surface area contributed by atoms with Crippen LogP contribution in [0.4, 0.5) is 5.69 Å². The number of ether oxygens (including phenoxy) is 5. The molecular weight excluding hydrogens is 879 g/mol. The number of carbonyl (C=O) groups excluding carboxylic acids is 4. The smallest absolute Gasteiger partial charge is 0.329 e. The molecule has 4 heterocycles. The van der Waals surface area contributed by atoms with Gasteiger partial charge in [-0.1, -0.05) is 45.4 Å². The highest BCUT2D eigenvalue weighted by Gasteiger charge is 2.56. The second-order valence-electron chi connectivity index (χ2n) is 20.8. The van der Waals surface area contributed by atoms with E-state index in [-0.39, 0.29) is 55.6 Å². The number of cyclic esters (lactones) is 1. The van der Waals surface area contributed by atoms with Crippen molar-refractivity contribution in [2.45, 2.75) is 187 Å². The number of likely N-dealkylation sites (N-methyl/N-ethyl adjacent to an activating group) is 1. The molecule has 3 fully saturated rings. The summed E-state index contributed by atoms with van der Waals surface area (Å²) in [6.07, 6.45) is 7.55. The van der Waals surface area contributed by atoms with Gasteiger partial charge >= 0.3 is 5.97 Å². The van der Waals surface area contributed by atoms with Gasteiger partial charge in [0.05, 0.1) is 30.5 Å². The van der Waals surface area contributed by atoms with Crippen LogP contribution in [-0.4, -0.2) is 132 Å². The number of fused-ring (bicyclic) bond motifs is 4. The molecule has 6 rings (SSSR count). The number of allylic oxidation sites excluding steroid dienone is 3. The number of amides is 1. The molecule has 14 unspecified atom stereocenters. The van der Waals surface area contributed by atoms with Gasteiger partial charge in [-0.3, -0.25) is 14.4 Å². The van der Waals surface area contributed by atoms with E-state index in [4.69, 9.17) is 23.7 Å². The van der Waals surface area contributed by atoms with Crippen molar-refractivity contribution in [1.82, 2.24) is 9.47 Å². The van der Waals surface area contributed by atoms with Crippen molar-refractivity contribution in [3.63, 3.8) is 0 Å². The Balaban J connectivity index is 1.31. The molecule has 1 amide bonds. The van der Waals surface area contributed by atoms with E-state index in [1.54, 1.807) is 28.1 Å². The van der Waals surface area contributed by atoms with Crippen LogP contribution in [0.1, 0.15) is 126 Å². The van der Waals surface area contributed by atoms with Crippen LogP contribution < -0.4 is 4.90 Å². The van der Waals surface area contributed by atoms with Crippen LogP contribution >= 0.6 is 0 Å². The number of methoxy groups -OCH3 is 2. The van der Waals surface area contributed by atoms with Gasteiger partial charge in [-0.05, 0) is 134 Å². The lowest BCUT2D eigenvalue weighted by molar-refractivity contribution is -0.302. The number of piperidine rings is 1. The number of Topliss-reactive ketones (excluding diaryl/α,β-unsaturated/α-hetero) is 2. The van der Waals surface area contributed by atoms with Gasteiger partial charge in [0.2, 0.25) is 5.79 Å². The average molecular weight is 962 g/mol. The number of aromatic nitrogens is 1. The number of anilines is 1. The average Bonchev–Trinajstić information content (AvgIpc) is 3.76. The Hall–Kier alpha value is -3.92. The SMILES string of the molecule is CCOC1CC(C=C(C)C2OC(=O)C3CCCCN3C(=O)C(=O)C3(O)OC(C(OC)CC(C)C/C(C)=C/C(CC)C(=O)CC(O)C2C)C(OC)CC3C)CCC1N(C)c1ccc2c(ccn2CC)c1. The molecule has 1 aromatic carbocycles. The van der Waals surface area contributed by atoms with E-state index in [2.05, 4.69) is 66.9 Å². The highest BCUT2D eigenvalue weighted by molar-refractivity contribution is 6.39. The third-order valence-electron chi connectivity index (χ3n) is 16.0. The summed E-state index contributed by atoms with van der Waals surface area (Å²) in [6.45, 7) is 17.1. The number of esters is 1. The molecule has 2 bridgehead atoms. The molecule has 1 saturated carbocycles. The molecule has 69 heavy (non-hydrogen) atoms. The molecule has 2 saturated heterocycles. The Labute approximate surface area is 411 Å². The van der Waals surface area contributed by atoms with E-state index in [1.807, 2.05) is 33.8 Å². The van der Waals surface area contributed by atoms with Crippen molar-refractivity contribution in [3.05, 3.63) is 53.8 Å². The number of aryl methyl sites for hydroxylation is 1. The summed E-state index contributed by atoms with van der Waals surface area (Å²) in [5.41, 5.74) is 4.06. The second-order valence-corrected chi connectivity index (χ2v) is 20.8. The Morgan fingerprint density at radius 1 is 0.942 bits per heavy atom. The minimum atomic E-state index is -2.51. The largest absolute Gasteiger partial charge is 0.456 e. The molecule has 1 aromatic heterocycles. The third-order valence-corrected chi connectivity index (χ3v) is 16.0. The molecule has 4 aliphatic rings. The predicted octanol–water partition coefficient (Wildman–Crippen LogP) is 7.98. The van der Waals surface area contributed by atoms with E-state index >= 15 is 0 Å². The van der Waals surface area contributed by atoms with Crippen LogP contribution in [0.15, 0.2) is 53.8 Å². The summed E-state index contributed by atoms with van der Waals surface area (Å²) >= 11 is 0. The summed E-state index contributed by atoms with van der Waals surface area (Å²) in [5, 5.41) is 25.3. The Bertz CT molecular complexity index is 2150. The quantitative estimate of drug-likeness (QED) is 0.134. The van der Waals surface area contributed by atoms with Crippen LogP contribution in [0.5, 0.6) is 0 Å². The molecule has 1 aliphatic carbocycles. The summed E-state index contributed by atoms with van der Waals surface area (Å²) in [4.78, 5) is 61.1. The number of hydrogen-bond donors (Lipinski definition) is 2. The van der Waals surface area contributed by atoms with E-state index < -0.39 is 77.8 Å². The maximum Gasteiger partial charge on any atom is 0.329 e. The number of aliphatic hydroxyl groups excluding tert-OH is 1. The molecule has 0 radical (unpaired) electrons. The number of ketones is 2. The van der Waals surface area contributed by atoms with Crippen LogP contribution in [0.3, 0.4) is 0 Å². The molecular formula is C55H83N3O11. The van der Waals surface area contributed by atoms with Crippen molar-refractivity contribution in [1.29, 1.82) is 0 Å². The van der Waals surface area contributed by atoms with E-state index in [0.717, 1.165) is 42.6 Å². The van der Waals surface area contributed by atoms with Gasteiger partial charge in [-0.2, -0.15) is 0 Å². The molecule has 14 atom stereocenters. The number of nitrogens with zero attached hydrogens (tertiary/aromatic N) is 3. The molecule has 2 aromatic rings. The lowest BCUT2D eigenvalue weighted by Gasteiger charge is -2.47. The minimum absolute atomic E-state index is 0.0337. The fourth-order valence-corrected chi connectivity index (χ4v) is 11.8. The number of aliphatic hydroxyl groups is 2. The maximum absolute atomic E-state index is 14.7. The Kier molecular flexibility index (Phi) is 18.9. The Morgan fingerprint density at radius 3 is 2.35 bits per heavy atom. The van der Waals surface area contributed by atoms with Crippen molar-refractivity contribution in [2.24, 2.45) is 29.6 Å². The van der Waals surface area contributed by atoms with Gasteiger partial charge in [0.15, 0.2) is 0 Å². The normalized spacial score (nSPS) is 36.0. The summed E-state index contributed by atoms with van der Waals surface area (Å²) in [7, 11) is 5.22. The first kappa shape index (κ1) is 54.4. The van der Waals surface area contributed by atoms with Crippen molar-refractivity contribution in [2.75, 3.05) is 39.3 Å². The van der Waals surface area contributed by atoms with Crippen LogP contribution in [-0.2, 0) is 49.4 Å². The van der Waals surface area contributed by atoms with E-state index in [9.17, 15) is 29.4 Å². The van der Waals surface area contributed by atoms with Gasteiger partial charge < -0.3 is 48.3 Å². The highest BCUT2D eigenvalue weighted by Crippen LogP contribution is 2.40. The fourth-order valence-electron chi connectivity index (χ4n) is 11.8. The second kappa shape index (κ2) is 24.0. The first-order chi connectivity index (χ1) is 32.9. The number of benzene rings is 1. The van der Waals surface area contributed by atoms with E-state index in [0.29, 0.717) is 38.7 Å². The standard InChI is InChI=1S/C55H83N3O11/c1-12-39-26-33(4)25-34(5)27-48(65-10)51-49(66-11)29-36(7)55(64,69-51)52(61)53(62)58-23-16-15-17-44(58)54(63)68-50(37(8)45(59)32-46(39)60)35(6)28-38-18-20-43(47(30-38)67-14-3)56(9)41-19-21-42-40(31-41)22-24-57(42)13-2/h19,21-22,24,26,28,31,34,36-39,43-45,47-51,59,64H,12-18,20,23,25,27,29-30,32H2,1-11H3/b33-26+,35-28?. The molecule has 2 N–H and O–H groups in total. The molecule has 14 heteroatoms. The minimum Gasteiger partial charge on any atom is -0.456 e. The number of carbonyl (C=O) groups is 4. The molecule has 384 valence electrons. The lowest BCUT2D eigenvalue weighted by Crippen LogP contribution is -2.64. The maximum atomic E-state index is 14.7. The van der Waals surface area contributed by atoms with Gasteiger partial charge in [-0.25, -0.2) is 4.79 Å². The molecule has 0 spiro atoms. The fraction of sp³-hybridized carbons (Fsp3) is 0.709. The molecule has 3 aliphatic heterocycles. The monoisotopic (exact) mass is 962 g/mol. The first-order valence-electron chi connectivity index (χ1n) is 25.9. The summed E-state index contributed by atoms with van der Waals surface area (Å²) in [6, 6.07) is 7.75. The van der Waals surface area contributed by atoms with Gasteiger partial charge in [0.25, 0.3) is 11.7 Å².